The number of nitrogens with zero attached hydrogens (tertiary/aromatic N) is 1. The minimum atomic E-state index is -0.635. The molecule has 0 aromatic heterocycles. The summed E-state index contributed by atoms with van der Waals surface area (Å²) in [5.74, 6) is -0.635. The zero-order chi connectivity index (χ0) is 7.98. The number of hydrogen-bond acceptors (Lipinski definition) is 4. The Bertz CT molecular complexity index is 144. The van der Waals surface area contributed by atoms with E-state index in [0.717, 1.165) is 0 Å². The van der Waals surface area contributed by atoms with Crippen LogP contribution in [0.5, 0.6) is 0 Å². The first-order chi connectivity index (χ1) is 4.76. The highest BCUT2D eigenvalue weighted by atomic mass is 16.6. The van der Waals surface area contributed by atoms with E-state index in [9.17, 15) is 4.79 Å². The van der Waals surface area contributed by atoms with E-state index in [-0.39, 0.29) is 5.71 Å². The molecule has 10 heavy (non-hydrogen) atoms. The van der Waals surface area contributed by atoms with Crippen LogP contribution < -0.4 is 5.48 Å². The smallest absolute Gasteiger partial charge is 0.292 e. The topological polar surface area (TPSA) is 70.9 Å². The highest BCUT2D eigenvalue weighted by Crippen LogP contribution is 1.85. The number of amides is 1. The number of hydroxylamine groups is 1. The number of carbonyl (C=O) groups excluding carboxylic acids is 1. The van der Waals surface area contributed by atoms with Gasteiger partial charge in [0.2, 0.25) is 0 Å². The van der Waals surface area contributed by atoms with Gasteiger partial charge >= 0.3 is 0 Å². The van der Waals surface area contributed by atoms with Crippen molar-refractivity contribution in [1.82, 2.24) is 5.48 Å². The zero-order valence-corrected chi connectivity index (χ0v) is 5.92. The Morgan fingerprint density at radius 1 is 1.80 bits per heavy atom. The molecule has 0 spiro atoms. The Labute approximate surface area is 58.6 Å². The number of oxime groups is 1. The van der Waals surface area contributed by atoms with Crippen molar-refractivity contribution in [3.8, 4) is 0 Å². The summed E-state index contributed by atoms with van der Waals surface area (Å²) in [5, 5.41) is 11.5. The maximum Gasteiger partial charge on any atom is 0.292 e. The van der Waals surface area contributed by atoms with Gasteiger partial charge in [-0.1, -0.05) is 12.1 Å². The molecule has 0 saturated heterocycles. The monoisotopic (exact) mass is 146 g/mol. The van der Waals surface area contributed by atoms with E-state index in [0.29, 0.717) is 6.42 Å². The van der Waals surface area contributed by atoms with Crippen LogP contribution in [0.4, 0.5) is 0 Å². The van der Waals surface area contributed by atoms with Gasteiger partial charge in [-0.3, -0.25) is 10.0 Å². The zero-order valence-electron chi connectivity index (χ0n) is 5.92. The highest BCUT2D eigenvalue weighted by Gasteiger charge is 2.07. The Hall–Kier alpha value is -1.10. The first-order valence-corrected chi connectivity index (χ1v) is 2.80. The van der Waals surface area contributed by atoms with Crippen LogP contribution in [0, 0.1) is 0 Å². The van der Waals surface area contributed by atoms with E-state index in [1.165, 1.54) is 12.6 Å². The van der Waals surface area contributed by atoms with Crippen molar-refractivity contribution in [2.24, 2.45) is 5.16 Å². The summed E-state index contributed by atoms with van der Waals surface area (Å²) in [6.45, 7) is 1.73. The first-order valence-electron chi connectivity index (χ1n) is 2.80. The molecule has 0 atom stereocenters. The minimum Gasteiger partial charge on any atom is -0.399 e. The van der Waals surface area contributed by atoms with E-state index in [4.69, 9.17) is 5.21 Å². The van der Waals surface area contributed by atoms with Crippen LogP contribution in [0.2, 0.25) is 0 Å². The molecule has 5 nitrogen and oxygen atoms in total. The lowest BCUT2D eigenvalue weighted by molar-refractivity contribution is -0.122. The van der Waals surface area contributed by atoms with Crippen molar-refractivity contribution in [2.75, 3.05) is 7.11 Å². The van der Waals surface area contributed by atoms with Crippen LogP contribution in [0.3, 0.4) is 0 Å². The van der Waals surface area contributed by atoms with Crippen LogP contribution in [-0.2, 0) is 9.63 Å². The molecule has 0 aromatic rings. The summed E-state index contributed by atoms with van der Waals surface area (Å²) >= 11 is 0. The Morgan fingerprint density at radius 2 is 2.40 bits per heavy atom. The molecule has 0 heterocycles. The minimum absolute atomic E-state index is 0.157. The second kappa shape index (κ2) is 4.75. The van der Waals surface area contributed by atoms with Crippen LogP contribution in [0.15, 0.2) is 5.16 Å². The van der Waals surface area contributed by atoms with Crippen LogP contribution in [0.25, 0.3) is 0 Å². The van der Waals surface area contributed by atoms with Crippen molar-refractivity contribution in [3.05, 3.63) is 0 Å². The normalized spacial score (nSPS) is 10.9. The standard InChI is InChI=1S/C5H10N2O3/c1-3-4(7-10-2)5(8)6-9/h9H,3H2,1-2H3,(H,6,8). The van der Waals surface area contributed by atoms with E-state index < -0.39 is 5.91 Å². The summed E-state index contributed by atoms with van der Waals surface area (Å²) in [5.41, 5.74) is 1.61. The largest absolute Gasteiger partial charge is 0.399 e. The fourth-order valence-electron chi connectivity index (χ4n) is 0.441. The Balaban J connectivity index is 4.06. The molecular weight excluding hydrogens is 136 g/mol. The van der Waals surface area contributed by atoms with Crippen molar-refractivity contribution in [1.29, 1.82) is 0 Å². The summed E-state index contributed by atoms with van der Waals surface area (Å²) in [6.07, 6.45) is 0.417. The molecule has 0 unspecified atom stereocenters. The van der Waals surface area contributed by atoms with Gasteiger partial charge in [-0.25, -0.2) is 5.48 Å². The van der Waals surface area contributed by atoms with Gasteiger partial charge in [-0.15, -0.1) is 0 Å². The average Bonchev–Trinajstić information content (AvgIpc) is 1.99. The first kappa shape index (κ1) is 8.90. The van der Waals surface area contributed by atoms with Gasteiger partial charge < -0.3 is 4.84 Å². The van der Waals surface area contributed by atoms with Crippen LogP contribution in [0.1, 0.15) is 13.3 Å². The third kappa shape index (κ3) is 2.45. The van der Waals surface area contributed by atoms with Gasteiger partial charge in [0.15, 0.2) is 0 Å². The van der Waals surface area contributed by atoms with Crippen LogP contribution in [-0.4, -0.2) is 23.9 Å². The number of carbonyl (C=O) groups is 1. The second-order valence-corrected chi connectivity index (χ2v) is 1.52. The molecule has 0 saturated carbocycles. The van der Waals surface area contributed by atoms with Gasteiger partial charge in [0.25, 0.3) is 5.91 Å². The molecule has 0 aliphatic carbocycles. The predicted molar refractivity (Wildman–Crippen MR) is 34.7 cm³/mol. The molecule has 5 heteroatoms. The van der Waals surface area contributed by atoms with Crippen LogP contribution >= 0.6 is 0 Å². The maximum absolute atomic E-state index is 10.6. The quantitative estimate of drug-likeness (QED) is 0.332. The molecular formula is C5H10N2O3. The van der Waals surface area contributed by atoms with Gasteiger partial charge in [0.1, 0.15) is 12.8 Å². The molecule has 0 rings (SSSR count). The molecule has 0 radical (unpaired) electrons. The van der Waals surface area contributed by atoms with Crippen molar-refractivity contribution in [2.45, 2.75) is 13.3 Å². The lowest BCUT2D eigenvalue weighted by atomic mass is 10.3. The van der Waals surface area contributed by atoms with Gasteiger partial charge in [0.05, 0.1) is 0 Å². The molecule has 58 valence electrons. The van der Waals surface area contributed by atoms with E-state index in [1.54, 1.807) is 6.92 Å². The molecule has 2 N–H and O–H groups in total. The van der Waals surface area contributed by atoms with Crippen molar-refractivity contribution in [3.63, 3.8) is 0 Å². The lowest BCUT2D eigenvalue weighted by Gasteiger charge is -1.97. The summed E-state index contributed by atoms with van der Waals surface area (Å²) in [4.78, 5) is 14.9. The van der Waals surface area contributed by atoms with E-state index in [2.05, 4.69) is 9.99 Å². The molecule has 0 aliphatic rings. The number of nitrogens with one attached hydrogen (secondary N) is 1. The third-order valence-electron chi connectivity index (χ3n) is 0.900. The van der Waals surface area contributed by atoms with E-state index in [1.807, 2.05) is 0 Å². The van der Waals surface area contributed by atoms with E-state index >= 15 is 0 Å². The van der Waals surface area contributed by atoms with Crippen molar-refractivity contribution >= 4 is 11.6 Å². The number of rotatable bonds is 3. The maximum atomic E-state index is 10.6. The van der Waals surface area contributed by atoms with Crippen molar-refractivity contribution < 1.29 is 14.8 Å². The highest BCUT2D eigenvalue weighted by molar-refractivity contribution is 6.38. The third-order valence-corrected chi connectivity index (χ3v) is 0.900. The Morgan fingerprint density at radius 3 is 2.70 bits per heavy atom. The average molecular weight is 146 g/mol. The van der Waals surface area contributed by atoms with Gasteiger partial charge in [0, 0.05) is 0 Å². The second-order valence-electron chi connectivity index (χ2n) is 1.52. The molecule has 1 amide bonds. The van der Waals surface area contributed by atoms with Gasteiger partial charge in [-0.05, 0) is 6.42 Å². The Kier molecular flexibility index (Phi) is 4.23. The number of hydrogen-bond donors (Lipinski definition) is 2. The summed E-state index contributed by atoms with van der Waals surface area (Å²) < 4.78 is 0. The predicted octanol–water partition coefficient (Wildman–Crippen LogP) is -0.0958. The summed E-state index contributed by atoms with van der Waals surface area (Å²) in [6, 6.07) is 0. The SMILES string of the molecule is CCC(=NOC)C(=O)NO. The summed E-state index contributed by atoms with van der Waals surface area (Å²) in [7, 11) is 1.33. The molecule has 0 aliphatic heterocycles. The lowest BCUT2D eigenvalue weighted by Crippen LogP contribution is -2.27. The molecule has 0 bridgehead atoms. The van der Waals surface area contributed by atoms with Gasteiger partial charge in [-0.2, -0.15) is 0 Å². The molecule has 0 aromatic carbocycles. The molecule has 0 fully saturated rings. The fourth-order valence-corrected chi connectivity index (χ4v) is 0.441. The fraction of sp³-hybridized carbons (Fsp3) is 0.600.